The molecule has 1 unspecified atom stereocenters. The van der Waals surface area contributed by atoms with Gasteiger partial charge in [0.25, 0.3) is 0 Å². The van der Waals surface area contributed by atoms with Gasteiger partial charge in [0.1, 0.15) is 0 Å². The van der Waals surface area contributed by atoms with E-state index in [2.05, 4.69) is 29.4 Å². The number of hydrogen-bond donors (Lipinski definition) is 1. The molecule has 0 fully saturated rings. The van der Waals surface area contributed by atoms with E-state index in [1.54, 1.807) is 0 Å². The minimum Gasteiger partial charge on any atom is -0.366 e. The molecule has 96 valence electrons. The summed E-state index contributed by atoms with van der Waals surface area (Å²) >= 11 is 6.05. The van der Waals surface area contributed by atoms with Crippen molar-refractivity contribution in [3.8, 4) is 0 Å². The first-order chi connectivity index (χ1) is 8.72. The molecular weight excluding hydrogens is 246 g/mol. The molecule has 1 aromatic heterocycles. The van der Waals surface area contributed by atoms with Gasteiger partial charge in [-0.2, -0.15) is 0 Å². The molecule has 0 bridgehead atoms. The number of nitrogens with zero attached hydrogens (tertiary/aromatic N) is 2. The molecule has 0 aliphatic carbocycles. The van der Waals surface area contributed by atoms with Gasteiger partial charge in [0.2, 0.25) is 0 Å². The Morgan fingerprint density at radius 3 is 2.67 bits per heavy atom. The monoisotopic (exact) mass is 263 g/mol. The molecule has 0 saturated heterocycles. The van der Waals surface area contributed by atoms with Crippen LogP contribution >= 0.6 is 11.6 Å². The maximum absolute atomic E-state index is 6.05. The van der Waals surface area contributed by atoms with Crippen molar-refractivity contribution in [2.75, 3.05) is 5.32 Å². The van der Waals surface area contributed by atoms with Gasteiger partial charge in [-0.25, -0.2) is 0 Å². The van der Waals surface area contributed by atoms with Crippen molar-refractivity contribution in [2.45, 2.75) is 39.2 Å². The third-order valence-corrected chi connectivity index (χ3v) is 3.30. The molecule has 4 heteroatoms. The lowest BCUT2D eigenvalue weighted by Crippen LogP contribution is -2.16. The van der Waals surface area contributed by atoms with Crippen LogP contribution in [0.2, 0.25) is 5.15 Å². The van der Waals surface area contributed by atoms with E-state index in [-0.39, 0.29) is 0 Å². The molecular formula is C14H18ClN3. The fourth-order valence-electron chi connectivity index (χ4n) is 1.99. The van der Waals surface area contributed by atoms with E-state index in [0.29, 0.717) is 11.2 Å². The Kier molecular flexibility index (Phi) is 4.37. The maximum Gasteiger partial charge on any atom is 0.159 e. The van der Waals surface area contributed by atoms with Gasteiger partial charge in [-0.1, -0.05) is 55.6 Å². The summed E-state index contributed by atoms with van der Waals surface area (Å²) in [6.07, 6.45) is 3.56. The predicted octanol–water partition coefficient (Wildman–Crippen LogP) is 4.27. The highest BCUT2D eigenvalue weighted by molar-refractivity contribution is 6.34. The van der Waals surface area contributed by atoms with E-state index < -0.39 is 0 Å². The van der Waals surface area contributed by atoms with Gasteiger partial charge in [-0.05, 0) is 13.3 Å². The fraction of sp³-hybridized carbons (Fsp3) is 0.429. The summed E-state index contributed by atoms with van der Waals surface area (Å²) in [6, 6.07) is 8.32. The van der Waals surface area contributed by atoms with E-state index in [9.17, 15) is 0 Å². The molecule has 0 amide bonds. The average molecular weight is 264 g/mol. The first-order valence-corrected chi connectivity index (χ1v) is 6.77. The summed E-state index contributed by atoms with van der Waals surface area (Å²) in [5, 5.41) is 14.0. The van der Waals surface area contributed by atoms with Gasteiger partial charge in [-0.3, -0.25) is 0 Å². The van der Waals surface area contributed by atoms with Crippen LogP contribution < -0.4 is 5.32 Å². The highest BCUT2D eigenvalue weighted by Gasteiger charge is 2.09. The van der Waals surface area contributed by atoms with Crippen molar-refractivity contribution in [2.24, 2.45) is 0 Å². The second-order valence-corrected chi connectivity index (χ2v) is 4.93. The number of rotatable bonds is 5. The van der Waals surface area contributed by atoms with Gasteiger partial charge in [0.05, 0.1) is 0 Å². The van der Waals surface area contributed by atoms with Crippen molar-refractivity contribution in [1.82, 2.24) is 10.2 Å². The number of hydrogen-bond acceptors (Lipinski definition) is 3. The molecule has 0 aliphatic heterocycles. The molecule has 18 heavy (non-hydrogen) atoms. The van der Waals surface area contributed by atoms with Gasteiger partial charge in [0, 0.05) is 16.8 Å². The summed E-state index contributed by atoms with van der Waals surface area (Å²) in [6.45, 7) is 4.37. The molecule has 2 aromatic rings. The Morgan fingerprint density at radius 2 is 1.94 bits per heavy atom. The van der Waals surface area contributed by atoms with E-state index in [1.165, 1.54) is 12.8 Å². The number of nitrogens with one attached hydrogen (secondary N) is 1. The topological polar surface area (TPSA) is 37.8 Å². The molecule has 1 heterocycles. The summed E-state index contributed by atoms with van der Waals surface area (Å²) in [7, 11) is 0. The number of aromatic nitrogens is 2. The summed E-state index contributed by atoms with van der Waals surface area (Å²) in [5.74, 6) is 0.818. The zero-order chi connectivity index (χ0) is 13.0. The first kappa shape index (κ1) is 13.1. The predicted molar refractivity (Wildman–Crippen MR) is 77.2 cm³/mol. The van der Waals surface area contributed by atoms with Crippen molar-refractivity contribution in [1.29, 1.82) is 0 Å². The normalized spacial score (nSPS) is 12.6. The van der Waals surface area contributed by atoms with Crippen LogP contribution in [0.1, 0.15) is 33.1 Å². The molecule has 1 N–H and O–H groups in total. The van der Waals surface area contributed by atoms with Crippen LogP contribution in [0.4, 0.5) is 5.82 Å². The molecule has 0 spiro atoms. The average Bonchev–Trinajstić information content (AvgIpc) is 2.40. The van der Waals surface area contributed by atoms with Gasteiger partial charge in [-0.15, -0.1) is 10.2 Å². The smallest absolute Gasteiger partial charge is 0.159 e. The number of halogens is 1. The minimum atomic E-state index is 0.392. The standard InChI is InChI=1S/C14H18ClN3/c1-3-4-7-10(2)16-14-12-9-6-5-8-11(12)13(15)17-18-14/h5-6,8-10H,3-4,7H2,1-2H3,(H,16,18). The Morgan fingerprint density at radius 1 is 1.22 bits per heavy atom. The van der Waals surface area contributed by atoms with E-state index in [0.717, 1.165) is 23.0 Å². The largest absolute Gasteiger partial charge is 0.366 e. The molecule has 0 aliphatic rings. The molecule has 1 aromatic carbocycles. The first-order valence-electron chi connectivity index (χ1n) is 6.39. The highest BCUT2D eigenvalue weighted by atomic mass is 35.5. The second-order valence-electron chi connectivity index (χ2n) is 4.57. The Bertz CT molecular complexity index is 527. The Hall–Kier alpha value is -1.35. The Balaban J connectivity index is 2.26. The second kappa shape index (κ2) is 6.01. The van der Waals surface area contributed by atoms with E-state index >= 15 is 0 Å². The van der Waals surface area contributed by atoms with Gasteiger partial charge in [0.15, 0.2) is 11.0 Å². The molecule has 3 nitrogen and oxygen atoms in total. The number of unbranched alkanes of at least 4 members (excludes halogenated alkanes) is 1. The molecule has 0 radical (unpaired) electrons. The van der Waals surface area contributed by atoms with Crippen LogP contribution in [-0.4, -0.2) is 16.2 Å². The van der Waals surface area contributed by atoms with Crippen LogP contribution in [0, 0.1) is 0 Å². The fourth-order valence-corrected chi connectivity index (χ4v) is 2.20. The zero-order valence-electron chi connectivity index (χ0n) is 10.8. The Labute approximate surface area is 113 Å². The number of benzene rings is 1. The van der Waals surface area contributed by atoms with E-state index in [1.807, 2.05) is 24.3 Å². The lowest BCUT2D eigenvalue weighted by molar-refractivity contribution is 0.643. The van der Waals surface area contributed by atoms with Gasteiger partial charge >= 0.3 is 0 Å². The SMILES string of the molecule is CCCCC(C)Nc1nnc(Cl)c2ccccc12. The van der Waals surface area contributed by atoms with Crippen molar-refractivity contribution < 1.29 is 0 Å². The molecule has 0 saturated carbocycles. The third kappa shape index (κ3) is 2.91. The maximum atomic E-state index is 6.05. The van der Waals surface area contributed by atoms with Crippen LogP contribution in [0.3, 0.4) is 0 Å². The minimum absolute atomic E-state index is 0.392. The third-order valence-electron chi connectivity index (χ3n) is 3.02. The van der Waals surface area contributed by atoms with Crippen LogP contribution in [0.15, 0.2) is 24.3 Å². The molecule has 2 rings (SSSR count). The lowest BCUT2D eigenvalue weighted by Gasteiger charge is -2.15. The summed E-state index contributed by atoms with van der Waals surface area (Å²) < 4.78 is 0. The molecule has 1 atom stereocenters. The quantitative estimate of drug-likeness (QED) is 0.875. The van der Waals surface area contributed by atoms with Crippen LogP contribution in [0.5, 0.6) is 0 Å². The van der Waals surface area contributed by atoms with Crippen molar-refractivity contribution >= 4 is 28.2 Å². The zero-order valence-corrected chi connectivity index (χ0v) is 11.5. The van der Waals surface area contributed by atoms with Crippen molar-refractivity contribution in [3.05, 3.63) is 29.4 Å². The number of fused-ring (bicyclic) bond motifs is 1. The summed E-state index contributed by atoms with van der Waals surface area (Å²) in [4.78, 5) is 0. The van der Waals surface area contributed by atoms with Gasteiger partial charge < -0.3 is 5.32 Å². The van der Waals surface area contributed by atoms with Crippen LogP contribution in [0.25, 0.3) is 10.8 Å². The lowest BCUT2D eigenvalue weighted by atomic mass is 10.1. The summed E-state index contributed by atoms with van der Waals surface area (Å²) in [5.41, 5.74) is 0. The highest BCUT2D eigenvalue weighted by Crippen LogP contribution is 2.26. The van der Waals surface area contributed by atoms with Crippen LogP contribution in [-0.2, 0) is 0 Å². The van der Waals surface area contributed by atoms with E-state index in [4.69, 9.17) is 11.6 Å². The van der Waals surface area contributed by atoms with Crippen molar-refractivity contribution in [3.63, 3.8) is 0 Å². The number of anilines is 1.